The van der Waals surface area contributed by atoms with Gasteiger partial charge in [0.25, 0.3) is 0 Å². The Kier molecular flexibility index (Phi) is 4.61. The highest BCUT2D eigenvalue weighted by Crippen LogP contribution is 2.31. The molecule has 100 valence electrons. The molecule has 1 heterocycles. The van der Waals surface area contributed by atoms with Crippen LogP contribution in [0.3, 0.4) is 0 Å². The Labute approximate surface area is 110 Å². The number of ether oxygens (including phenoxy) is 1. The number of anilines is 1. The average molecular weight is 248 g/mol. The van der Waals surface area contributed by atoms with E-state index in [2.05, 4.69) is 55.6 Å². The van der Waals surface area contributed by atoms with Crippen LogP contribution in [-0.4, -0.2) is 34.4 Å². The summed E-state index contributed by atoms with van der Waals surface area (Å²) in [7, 11) is 6.23. The number of hydrogen-bond donors (Lipinski definition) is 1. The molecule has 3 heteroatoms. The van der Waals surface area contributed by atoms with Gasteiger partial charge in [0.2, 0.25) is 0 Å². The Balaban J connectivity index is 2.18. The van der Waals surface area contributed by atoms with Crippen molar-refractivity contribution >= 4 is 5.69 Å². The van der Waals surface area contributed by atoms with Crippen molar-refractivity contribution in [3.05, 3.63) is 29.8 Å². The number of benzene rings is 1. The van der Waals surface area contributed by atoms with Crippen LogP contribution < -0.4 is 10.2 Å². The van der Waals surface area contributed by atoms with Gasteiger partial charge < -0.3 is 15.0 Å². The maximum atomic E-state index is 5.46. The molecule has 1 aliphatic rings. The van der Waals surface area contributed by atoms with Crippen molar-refractivity contribution in [1.82, 2.24) is 5.32 Å². The number of nitrogens with zero attached hydrogens (tertiary/aromatic N) is 1. The molecule has 1 fully saturated rings. The molecular formula is C15H24N2O. The summed E-state index contributed by atoms with van der Waals surface area (Å²) < 4.78 is 5.46. The van der Waals surface area contributed by atoms with E-state index in [1.807, 2.05) is 0 Å². The Morgan fingerprint density at radius 1 is 1.28 bits per heavy atom. The third-order valence-electron chi connectivity index (χ3n) is 3.79. The second-order valence-corrected chi connectivity index (χ2v) is 5.21. The molecule has 3 nitrogen and oxygen atoms in total. The minimum atomic E-state index is 0.439. The zero-order chi connectivity index (χ0) is 13.0. The van der Waals surface area contributed by atoms with E-state index in [4.69, 9.17) is 4.74 Å². The average Bonchev–Trinajstić information content (AvgIpc) is 2.41. The molecule has 0 saturated carbocycles. The smallest absolute Gasteiger partial charge is 0.0469 e. The summed E-state index contributed by atoms with van der Waals surface area (Å²) >= 11 is 0. The van der Waals surface area contributed by atoms with E-state index in [0.29, 0.717) is 12.0 Å². The lowest BCUT2D eigenvalue weighted by Gasteiger charge is -2.31. The van der Waals surface area contributed by atoms with Crippen molar-refractivity contribution in [2.45, 2.75) is 18.9 Å². The van der Waals surface area contributed by atoms with E-state index in [1.165, 1.54) is 11.3 Å². The van der Waals surface area contributed by atoms with Gasteiger partial charge in [-0.25, -0.2) is 0 Å². The van der Waals surface area contributed by atoms with E-state index < -0.39 is 0 Å². The third-order valence-corrected chi connectivity index (χ3v) is 3.79. The highest BCUT2D eigenvalue weighted by molar-refractivity contribution is 5.48. The minimum Gasteiger partial charge on any atom is -0.381 e. The SMILES string of the molecule is CNC(c1cccc(N(C)C)c1)C1CCOCC1. The van der Waals surface area contributed by atoms with Gasteiger partial charge in [0.15, 0.2) is 0 Å². The monoisotopic (exact) mass is 248 g/mol. The predicted molar refractivity (Wildman–Crippen MR) is 76.1 cm³/mol. The summed E-state index contributed by atoms with van der Waals surface area (Å²) in [6.45, 7) is 1.80. The normalized spacial score (nSPS) is 18.6. The standard InChI is InChI=1S/C15H24N2O/c1-16-15(12-7-9-18-10-8-12)13-5-4-6-14(11-13)17(2)3/h4-6,11-12,15-16H,7-10H2,1-3H3. The Bertz CT molecular complexity index is 373. The fourth-order valence-electron chi connectivity index (χ4n) is 2.72. The van der Waals surface area contributed by atoms with Crippen molar-refractivity contribution in [3.8, 4) is 0 Å². The maximum Gasteiger partial charge on any atom is 0.0469 e. The molecule has 0 amide bonds. The molecule has 1 aromatic carbocycles. The largest absolute Gasteiger partial charge is 0.381 e. The Morgan fingerprint density at radius 3 is 2.61 bits per heavy atom. The molecule has 18 heavy (non-hydrogen) atoms. The van der Waals surface area contributed by atoms with Crippen molar-refractivity contribution in [1.29, 1.82) is 0 Å². The molecule has 1 aromatic rings. The number of nitrogens with one attached hydrogen (secondary N) is 1. The molecule has 0 bridgehead atoms. The van der Waals surface area contributed by atoms with Crippen LogP contribution in [0.5, 0.6) is 0 Å². The first-order valence-electron chi connectivity index (χ1n) is 6.74. The lowest BCUT2D eigenvalue weighted by molar-refractivity contribution is 0.0546. The van der Waals surface area contributed by atoms with Crippen molar-refractivity contribution < 1.29 is 4.74 Å². The maximum absolute atomic E-state index is 5.46. The lowest BCUT2D eigenvalue weighted by atomic mass is 9.87. The summed E-state index contributed by atoms with van der Waals surface area (Å²) in [4.78, 5) is 2.15. The quantitative estimate of drug-likeness (QED) is 0.885. The fourth-order valence-corrected chi connectivity index (χ4v) is 2.72. The zero-order valence-electron chi connectivity index (χ0n) is 11.6. The van der Waals surface area contributed by atoms with Crippen LogP contribution in [0.1, 0.15) is 24.4 Å². The van der Waals surface area contributed by atoms with Gasteiger partial charge in [-0.3, -0.25) is 0 Å². The van der Waals surface area contributed by atoms with E-state index in [1.54, 1.807) is 0 Å². The second-order valence-electron chi connectivity index (χ2n) is 5.21. The summed E-state index contributed by atoms with van der Waals surface area (Å²) in [5.41, 5.74) is 2.65. The fraction of sp³-hybridized carbons (Fsp3) is 0.600. The highest BCUT2D eigenvalue weighted by atomic mass is 16.5. The summed E-state index contributed by atoms with van der Waals surface area (Å²) in [6, 6.07) is 9.25. The molecule has 1 atom stereocenters. The van der Waals surface area contributed by atoms with Crippen LogP contribution in [0.2, 0.25) is 0 Å². The summed E-state index contributed by atoms with van der Waals surface area (Å²) in [5, 5.41) is 3.48. The van der Waals surface area contributed by atoms with Crippen LogP contribution in [0.25, 0.3) is 0 Å². The molecule has 1 N–H and O–H groups in total. The highest BCUT2D eigenvalue weighted by Gasteiger charge is 2.24. The van der Waals surface area contributed by atoms with Crippen molar-refractivity contribution in [2.24, 2.45) is 5.92 Å². The van der Waals surface area contributed by atoms with Crippen LogP contribution in [-0.2, 0) is 4.74 Å². The van der Waals surface area contributed by atoms with E-state index >= 15 is 0 Å². The first-order valence-corrected chi connectivity index (χ1v) is 6.74. The summed E-state index contributed by atoms with van der Waals surface area (Å²) in [5.74, 6) is 0.682. The first-order chi connectivity index (χ1) is 8.72. The molecule has 1 saturated heterocycles. The molecule has 0 spiro atoms. The predicted octanol–water partition coefficient (Wildman–Crippen LogP) is 2.44. The molecule has 0 radical (unpaired) electrons. The minimum absolute atomic E-state index is 0.439. The topological polar surface area (TPSA) is 24.5 Å². The van der Waals surface area contributed by atoms with Gasteiger partial charge in [0, 0.05) is 39.0 Å². The lowest BCUT2D eigenvalue weighted by Crippen LogP contribution is -2.30. The molecular weight excluding hydrogens is 224 g/mol. The van der Waals surface area contributed by atoms with E-state index in [-0.39, 0.29) is 0 Å². The zero-order valence-corrected chi connectivity index (χ0v) is 11.6. The van der Waals surface area contributed by atoms with Gasteiger partial charge in [-0.05, 0) is 43.5 Å². The second kappa shape index (κ2) is 6.21. The van der Waals surface area contributed by atoms with Crippen LogP contribution in [0, 0.1) is 5.92 Å². The van der Waals surface area contributed by atoms with Gasteiger partial charge in [-0.2, -0.15) is 0 Å². The van der Waals surface area contributed by atoms with Gasteiger partial charge in [-0.15, -0.1) is 0 Å². The molecule has 1 unspecified atom stereocenters. The van der Waals surface area contributed by atoms with Gasteiger partial charge in [-0.1, -0.05) is 12.1 Å². The van der Waals surface area contributed by atoms with E-state index in [0.717, 1.165) is 26.1 Å². The van der Waals surface area contributed by atoms with Crippen molar-refractivity contribution in [3.63, 3.8) is 0 Å². The molecule has 2 rings (SSSR count). The van der Waals surface area contributed by atoms with Crippen LogP contribution >= 0.6 is 0 Å². The van der Waals surface area contributed by atoms with Crippen LogP contribution in [0.15, 0.2) is 24.3 Å². The number of rotatable bonds is 4. The Hall–Kier alpha value is -1.06. The molecule has 0 aliphatic carbocycles. The van der Waals surface area contributed by atoms with Gasteiger partial charge >= 0.3 is 0 Å². The van der Waals surface area contributed by atoms with Gasteiger partial charge in [0.1, 0.15) is 0 Å². The third kappa shape index (κ3) is 3.03. The van der Waals surface area contributed by atoms with Crippen LogP contribution in [0.4, 0.5) is 5.69 Å². The summed E-state index contributed by atoms with van der Waals surface area (Å²) in [6.07, 6.45) is 2.30. The Morgan fingerprint density at radius 2 is 2.00 bits per heavy atom. The molecule has 1 aliphatic heterocycles. The number of hydrogen-bond acceptors (Lipinski definition) is 3. The first kappa shape index (κ1) is 13.4. The van der Waals surface area contributed by atoms with Crippen molar-refractivity contribution in [2.75, 3.05) is 39.3 Å². The molecule has 0 aromatic heterocycles. The van der Waals surface area contributed by atoms with Gasteiger partial charge in [0.05, 0.1) is 0 Å². The van der Waals surface area contributed by atoms with E-state index in [9.17, 15) is 0 Å².